The molecule has 0 amide bonds. The van der Waals surface area contributed by atoms with Crippen molar-refractivity contribution in [2.45, 2.75) is 39.8 Å². The van der Waals surface area contributed by atoms with Gasteiger partial charge >= 0.3 is 0 Å². The van der Waals surface area contributed by atoms with Crippen molar-refractivity contribution in [3.8, 4) is 0 Å². The number of nitrogens with one attached hydrogen (secondary N) is 1. The Kier molecular flexibility index (Phi) is 6.99. The van der Waals surface area contributed by atoms with Gasteiger partial charge in [0.25, 0.3) is 0 Å². The third-order valence-electron chi connectivity index (χ3n) is 3.51. The minimum absolute atomic E-state index is 0.811. The van der Waals surface area contributed by atoms with Crippen molar-refractivity contribution in [3.05, 3.63) is 35.4 Å². The van der Waals surface area contributed by atoms with Crippen LogP contribution >= 0.6 is 0 Å². The molecule has 0 fully saturated rings. The molecular weight excluding hydrogens is 220 g/mol. The van der Waals surface area contributed by atoms with E-state index in [0.717, 1.165) is 25.6 Å². The van der Waals surface area contributed by atoms with Crippen molar-refractivity contribution in [1.29, 1.82) is 0 Å². The highest BCUT2D eigenvalue weighted by Gasteiger charge is 2.05. The maximum absolute atomic E-state index is 3.60. The lowest BCUT2D eigenvalue weighted by atomic mass is 10.0. The van der Waals surface area contributed by atoms with Gasteiger partial charge < -0.3 is 10.2 Å². The lowest BCUT2D eigenvalue weighted by molar-refractivity contribution is 0.399. The topological polar surface area (TPSA) is 15.3 Å². The van der Waals surface area contributed by atoms with E-state index >= 15 is 0 Å². The third kappa shape index (κ3) is 5.19. The summed E-state index contributed by atoms with van der Waals surface area (Å²) in [6.07, 6.45) is 2.53. The Labute approximate surface area is 112 Å². The van der Waals surface area contributed by atoms with Crippen LogP contribution in [-0.2, 0) is 13.1 Å². The number of nitrogens with zero attached hydrogens (tertiary/aromatic N) is 1. The Hall–Kier alpha value is -0.860. The van der Waals surface area contributed by atoms with Gasteiger partial charge in [-0.15, -0.1) is 0 Å². The molecule has 0 radical (unpaired) electrons. The van der Waals surface area contributed by atoms with Gasteiger partial charge in [-0.3, -0.25) is 0 Å². The quantitative estimate of drug-likeness (QED) is 0.759. The van der Waals surface area contributed by atoms with Gasteiger partial charge in [0.05, 0.1) is 0 Å². The second kappa shape index (κ2) is 8.28. The minimum atomic E-state index is 0.811. The third-order valence-corrected chi connectivity index (χ3v) is 3.51. The fraction of sp³-hybridized carbons (Fsp3) is 0.625. The van der Waals surface area contributed by atoms with Gasteiger partial charge in [-0.05, 0) is 37.7 Å². The van der Waals surface area contributed by atoms with Crippen molar-refractivity contribution in [2.75, 3.05) is 20.6 Å². The molecule has 0 heterocycles. The maximum atomic E-state index is 3.60. The zero-order valence-electron chi connectivity index (χ0n) is 12.4. The lowest BCUT2D eigenvalue weighted by Crippen LogP contribution is -2.23. The van der Waals surface area contributed by atoms with E-state index in [9.17, 15) is 0 Å². The highest BCUT2D eigenvalue weighted by molar-refractivity contribution is 5.26. The van der Waals surface area contributed by atoms with E-state index in [0.29, 0.717) is 0 Å². The predicted molar refractivity (Wildman–Crippen MR) is 79.6 cm³/mol. The van der Waals surface area contributed by atoms with Crippen LogP contribution in [0.2, 0.25) is 0 Å². The SMILES string of the molecule is CCC(CC)CNCc1ccccc1CN(C)C. The fourth-order valence-corrected chi connectivity index (χ4v) is 2.21. The van der Waals surface area contributed by atoms with Crippen LogP contribution in [-0.4, -0.2) is 25.5 Å². The summed E-state index contributed by atoms with van der Waals surface area (Å²) < 4.78 is 0. The number of hydrogen-bond donors (Lipinski definition) is 1. The van der Waals surface area contributed by atoms with Crippen LogP contribution in [0.25, 0.3) is 0 Å². The summed E-state index contributed by atoms with van der Waals surface area (Å²) in [5, 5.41) is 3.60. The molecule has 0 atom stereocenters. The molecule has 0 bridgehead atoms. The Morgan fingerprint density at radius 1 is 1.06 bits per heavy atom. The molecule has 0 saturated heterocycles. The molecule has 0 aliphatic heterocycles. The van der Waals surface area contributed by atoms with Crippen LogP contribution in [0.4, 0.5) is 0 Å². The number of benzene rings is 1. The summed E-state index contributed by atoms with van der Waals surface area (Å²) in [7, 11) is 4.24. The normalized spacial score (nSPS) is 11.4. The number of rotatable bonds is 8. The van der Waals surface area contributed by atoms with Crippen molar-refractivity contribution >= 4 is 0 Å². The second-order valence-electron chi connectivity index (χ2n) is 5.32. The summed E-state index contributed by atoms with van der Waals surface area (Å²) in [5.41, 5.74) is 2.86. The van der Waals surface area contributed by atoms with Gasteiger partial charge in [-0.25, -0.2) is 0 Å². The molecule has 1 aromatic rings. The molecule has 0 aliphatic rings. The molecule has 102 valence electrons. The van der Waals surface area contributed by atoms with E-state index in [4.69, 9.17) is 0 Å². The molecule has 0 aliphatic carbocycles. The second-order valence-corrected chi connectivity index (χ2v) is 5.32. The van der Waals surface area contributed by atoms with Crippen LogP contribution in [0.3, 0.4) is 0 Å². The smallest absolute Gasteiger partial charge is 0.0230 e. The van der Waals surface area contributed by atoms with Crippen LogP contribution in [0.1, 0.15) is 37.8 Å². The predicted octanol–water partition coefficient (Wildman–Crippen LogP) is 3.27. The van der Waals surface area contributed by atoms with E-state index in [-0.39, 0.29) is 0 Å². The molecule has 2 heteroatoms. The molecule has 18 heavy (non-hydrogen) atoms. The van der Waals surface area contributed by atoms with E-state index < -0.39 is 0 Å². The van der Waals surface area contributed by atoms with Crippen molar-refractivity contribution in [2.24, 2.45) is 5.92 Å². The largest absolute Gasteiger partial charge is 0.312 e. The monoisotopic (exact) mass is 248 g/mol. The molecule has 1 rings (SSSR count). The van der Waals surface area contributed by atoms with E-state index in [1.165, 1.54) is 24.0 Å². The molecule has 1 aromatic carbocycles. The molecule has 0 spiro atoms. The number of hydrogen-bond acceptors (Lipinski definition) is 2. The summed E-state index contributed by atoms with van der Waals surface area (Å²) >= 11 is 0. The zero-order valence-corrected chi connectivity index (χ0v) is 12.4. The van der Waals surface area contributed by atoms with E-state index in [2.05, 4.69) is 62.4 Å². The van der Waals surface area contributed by atoms with Gasteiger partial charge in [-0.1, -0.05) is 51.0 Å². The lowest BCUT2D eigenvalue weighted by Gasteiger charge is -2.17. The van der Waals surface area contributed by atoms with Crippen LogP contribution < -0.4 is 5.32 Å². The Morgan fingerprint density at radius 3 is 2.22 bits per heavy atom. The molecule has 0 aromatic heterocycles. The minimum Gasteiger partial charge on any atom is -0.312 e. The molecular formula is C16H28N2. The molecule has 2 nitrogen and oxygen atoms in total. The Balaban J connectivity index is 2.50. The van der Waals surface area contributed by atoms with Crippen LogP contribution in [0.5, 0.6) is 0 Å². The highest BCUT2D eigenvalue weighted by Crippen LogP contribution is 2.11. The highest BCUT2D eigenvalue weighted by atomic mass is 15.0. The molecule has 1 N–H and O–H groups in total. The first kappa shape index (κ1) is 15.2. The van der Waals surface area contributed by atoms with Crippen LogP contribution in [0, 0.1) is 5.92 Å². The zero-order chi connectivity index (χ0) is 13.4. The summed E-state index contributed by atoms with van der Waals surface area (Å²) in [4.78, 5) is 2.22. The molecule has 0 saturated carbocycles. The van der Waals surface area contributed by atoms with Crippen molar-refractivity contribution in [3.63, 3.8) is 0 Å². The van der Waals surface area contributed by atoms with E-state index in [1.807, 2.05) is 0 Å². The summed E-state index contributed by atoms with van der Waals surface area (Å²) in [5.74, 6) is 0.811. The summed E-state index contributed by atoms with van der Waals surface area (Å²) in [6, 6.07) is 8.73. The van der Waals surface area contributed by atoms with Crippen molar-refractivity contribution < 1.29 is 0 Å². The maximum Gasteiger partial charge on any atom is 0.0230 e. The average molecular weight is 248 g/mol. The van der Waals surface area contributed by atoms with Gasteiger partial charge in [0.2, 0.25) is 0 Å². The van der Waals surface area contributed by atoms with Gasteiger partial charge in [0, 0.05) is 13.1 Å². The van der Waals surface area contributed by atoms with Crippen LogP contribution in [0.15, 0.2) is 24.3 Å². The Morgan fingerprint density at radius 2 is 1.67 bits per heavy atom. The van der Waals surface area contributed by atoms with Gasteiger partial charge in [0.15, 0.2) is 0 Å². The first-order valence-corrected chi connectivity index (χ1v) is 7.09. The molecule has 0 unspecified atom stereocenters. The summed E-state index contributed by atoms with van der Waals surface area (Å²) in [6.45, 7) is 7.68. The first-order valence-electron chi connectivity index (χ1n) is 7.09. The average Bonchev–Trinajstić information content (AvgIpc) is 2.36. The van der Waals surface area contributed by atoms with E-state index in [1.54, 1.807) is 0 Å². The standard InChI is InChI=1S/C16H28N2/c1-5-14(6-2)11-17-12-15-9-7-8-10-16(15)13-18(3)4/h7-10,14,17H,5-6,11-13H2,1-4H3. The Bertz CT molecular complexity index is 330. The first-order chi connectivity index (χ1) is 8.67. The van der Waals surface area contributed by atoms with Crippen molar-refractivity contribution in [1.82, 2.24) is 10.2 Å². The van der Waals surface area contributed by atoms with Gasteiger partial charge in [0.1, 0.15) is 0 Å². The van der Waals surface area contributed by atoms with Gasteiger partial charge in [-0.2, -0.15) is 0 Å². The fourth-order valence-electron chi connectivity index (χ4n) is 2.21.